The Labute approximate surface area is 154 Å². The van der Waals surface area contributed by atoms with E-state index >= 15 is 0 Å². The van der Waals surface area contributed by atoms with Gasteiger partial charge in [0.2, 0.25) is 11.7 Å². The predicted molar refractivity (Wildman–Crippen MR) is 96.7 cm³/mol. The maximum Gasteiger partial charge on any atom is 0.322 e. The lowest BCUT2D eigenvalue weighted by Crippen LogP contribution is -2.30. The Hall–Kier alpha value is -2.57. The Morgan fingerprint density at radius 3 is 2.32 bits per heavy atom. The summed E-state index contributed by atoms with van der Waals surface area (Å²) in [5.41, 5.74) is 1.43. The first-order valence-corrected chi connectivity index (χ1v) is 8.13. The van der Waals surface area contributed by atoms with E-state index in [4.69, 9.17) is 27.7 Å². The Kier molecular flexibility index (Phi) is 5.21. The molecule has 2 aromatic carbocycles. The molecule has 0 saturated carbocycles. The molecular formula is C17H14Cl2N4O2. The van der Waals surface area contributed by atoms with Crippen molar-refractivity contribution < 1.29 is 9.32 Å². The molecule has 3 aromatic rings. The topological polar surface area (TPSA) is 71.3 Å². The van der Waals surface area contributed by atoms with E-state index in [-0.39, 0.29) is 12.6 Å². The van der Waals surface area contributed by atoms with Crippen molar-refractivity contribution in [1.29, 1.82) is 0 Å². The summed E-state index contributed by atoms with van der Waals surface area (Å²) in [5, 5.41) is 7.91. The smallest absolute Gasteiger partial charge is 0.322 e. The molecule has 1 N–H and O–H groups in total. The molecule has 1 heterocycles. The Morgan fingerprint density at radius 2 is 1.68 bits per heavy atom. The SMILES string of the molecule is CN(Cc1nc(-c2ccc(Cl)cc2)no1)C(=O)Nc1ccc(Cl)cc1. The highest BCUT2D eigenvalue weighted by Gasteiger charge is 2.15. The number of hydrogen-bond donors (Lipinski definition) is 1. The minimum Gasteiger partial charge on any atom is -0.337 e. The number of rotatable bonds is 4. The van der Waals surface area contributed by atoms with Crippen molar-refractivity contribution in [2.75, 3.05) is 12.4 Å². The molecule has 0 aliphatic carbocycles. The highest BCUT2D eigenvalue weighted by Crippen LogP contribution is 2.19. The van der Waals surface area contributed by atoms with E-state index in [0.29, 0.717) is 27.4 Å². The number of nitrogens with zero attached hydrogens (tertiary/aromatic N) is 3. The predicted octanol–water partition coefficient (Wildman–Crippen LogP) is 4.71. The molecule has 25 heavy (non-hydrogen) atoms. The quantitative estimate of drug-likeness (QED) is 0.715. The van der Waals surface area contributed by atoms with Crippen LogP contribution in [0.4, 0.5) is 10.5 Å². The van der Waals surface area contributed by atoms with Crippen LogP contribution >= 0.6 is 23.2 Å². The average molecular weight is 377 g/mol. The number of halogens is 2. The van der Waals surface area contributed by atoms with E-state index < -0.39 is 0 Å². The van der Waals surface area contributed by atoms with Crippen molar-refractivity contribution in [3.05, 3.63) is 64.5 Å². The molecule has 0 spiro atoms. The number of benzene rings is 2. The van der Waals surface area contributed by atoms with Crippen molar-refractivity contribution >= 4 is 34.9 Å². The Bertz CT molecular complexity index is 863. The summed E-state index contributed by atoms with van der Waals surface area (Å²) in [7, 11) is 1.64. The van der Waals surface area contributed by atoms with Gasteiger partial charge in [-0.05, 0) is 48.5 Å². The van der Waals surface area contributed by atoms with Gasteiger partial charge in [0, 0.05) is 28.3 Å². The number of carbonyl (C=O) groups is 1. The number of hydrogen-bond acceptors (Lipinski definition) is 4. The lowest BCUT2D eigenvalue weighted by Gasteiger charge is -2.15. The zero-order valence-electron chi connectivity index (χ0n) is 13.2. The number of urea groups is 1. The monoisotopic (exact) mass is 376 g/mol. The van der Waals surface area contributed by atoms with Gasteiger partial charge in [0.15, 0.2) is 0 Å². The molecule has 1 aromatic heterocycles. The highest BCUT2D eigenvalue weighted by molar-refractivity contribution is 6.30. The lowest BCUT2D eigenvalue weighted by atomic mass is 10.2. The second-order valence-electron chi connectivity index (χ2n) is 5.31. The van der Waals surface area contributed by atoms with E-state index in [1.807, 2.05) is 0 Å². The molecular weight excluding hydrogens is 363 g/mol. The van der Waals surface area contributed by atoms with Gasteiger partial charge in [-0.25, -0.2) is 4.79 Å². The van der Waals surface area contributed by atoms with Gasteiger partial charge in [-0.15, -0.1) is 0 Å². The van der Waals surface area contributed by atoms with Gasteiger partial charge in [0.05, 0.1) is 0 Å². The van der Waals surface area contributed by atoms with Crippen molar-refractivity contribution in [2.45, 2.75) is 6.54 Å². The van der Waals surface area contributed by atoms with Crippen LogP contribution in [-0.4, -0.2) is 28.1 Å². The largest absolute Gasteiger partial charge is 0.337 e. The van der Waals surface area contributed by atoms with Gasteiger partial charge < -0.3 is 14.7 Å². The summed E-state index contributed by atoms with van der Waals surface area (Å²) in [6, 6.07) is 13.6. The van der Waals surface area contributed by atoms with Crippen molar-refractivity contribution in [1.82, 2.24) is 15.0 Å². The highest BCUT2D eigenvalue weighted by atomic mass is 35.5. The molecule has 3 rings (SSSR count). The number of aromatic nitrogens is 2. The average Bonchev–Trinajstić information content (AvgIpc) is 3.06. The third-order valence-corrected chi connectivity index (χ3v) is 3.89. The minimum absolute atomic E-state index is 0.181. The zero-order chi connectivity index (χ0) is 17.8. The van der Waals surface area contributed by atoms with Crippen molar-refractivity contribution in [3.63, 3.8) is 0 Å². The Morgan fingerprint density at radius 1 is 1.08 bits per heavy atom. The molecule has 6 nitrogen and oxygen atoms in total. The van der Waals surface area contributed by atoms with Crippen LogP contribution in [0.1, 0.15) is 5.89 Å². The van der Waals surface area contributed by atoms with Crippen LogP contribution in [0.5, 0.6) is 0 Å². The van der Waals surface area contributed by atoms with Crippen LogP contribution in [0.25, 0.3) is 11.4 Å². The summed E-state index contributed by atoms with van der Waals surface area (Å²) in [5.74, 6) is 0.775. The van der Waals surface area contributed by atoms with Crippen LogP contribution < -0.4 is 5.32 Å². The van der Waals surface area contributed by atoms with Crippen molar-refractivity contribution in [3.8, 4) is 11.4 Å². The zero-order valence-corrected chi connectivity index (χ0v) is 14.8. The van der Waals surface area contributed by atoms with Gasteiger partial charge in [-0.1, -0.05) is 28.4 Å². The molecule has 128 valence electrons. The molecule has 2 amide bonds. The van der Waals surface area contributed by atoms with Crippen LogP contribution in [-0.2, 0) is 6.54 Å². The molecule has 0 atom stereocenters. The number of amides is 2. The maximum atomic E-state index is 12.2. The van der Waals surface area contributed by atoms with Gasteiger partial charge >= 0.3 is 6.03 Å². The van der Waals surface area contributed by atoms with Gasteiger partial charge in [0.25, 0.3) is 0 Å². The second-order valence-corrected chi connectivity index (χ2v) is 6.18. The lowest BCUT2D eigenvalue weighted by molar-refractivity contribution is 0.213. The summed E-state index contributed by atoms with van der Waals surface area (Å²) >= 11 is 11.7. The molecule has 0 aliphatic rings. The van der Waals surface area contributed by atoms with Crippen LogP contribution in [0.3, 0.4) is 0 Å². The maximum absolute atomic E-state index is 12.2. The normalized spacial score (nSPS) is 10.5. The fourth-order valence-corrected chi connectivity index (χ4v) is 2.31. The van der Waals surface area contributed by atoms with Crippen molar-refractivity contribution in [2.24, 2.45) is 0 Å². The first-order chi connectivity index (χ1) is 12.0. The van der Waals surface area contributed by atoms with E-state index in [2.05, 4.69) is 15.5 Å². The van der Waals surface area contributed by atoms with Crippen LogP contribution in [0.2, 0.25) is 10.0 Å². The molecule has 0 radical (unpaired) electrons. The number of nitrogens with one attached hydrogen (secondary N) is 1. The van der Waals surface area contributed by atoms with Gasteiger partial charge in [-0.2, -0.15) is 4.98 Å². The Balaban J connectivity index is 1.62. The van der Waals surface area contributed by atoms with Gasteiger partial charge in [0.1, 0.15) is 6.54 Å². The first kappa shape index (κ1) is 17.3. The molecule has 0 saturated heterocycles. The van der Waals surface area contributed by atoms with E-state index in [1.165, 1.54) is 4.90 Å². The molecule has 0 unspecified atom stereocenters. The van der Waals surface area contributed by atoms with E-state index in [9.17, 15) is 4.79 Å². The molecule has 8 heteroatoms. The van der Waals surface area contributed by atoms with E-state index in [1.54, 1.807) is 55.6 Å². The summed E-state index contributed by atoms with van der Waals surface area (Å²) < 4.78 is 5.20. The van der Waals surface area contributed by atoms with Crippen LogP contribution in [0, 0.1) is 0 Å². The standard InChI is InChI=1S/C17H14Cl2N4O2/c1-23(17(24)20-14-8-6-13(19)7-9-14)10-15-21-16(22-25-15)11-2-4-12(18)5-3-11/h2-9H,10H2,1H3,(H,20,24). The molecule has 0 aliphatic heterocycles. The molecule has 0 fully saturated rings. The first-order valence-electron chi connectivity index (χ1n) is 7.37. The third kappa shape index (κ3) is 4.49. The van der Waals surface area contributed by atoms with E-state index in [0.717, 1.165) is 5.56 Å². The summed E-state index contributed by atoms with van der Waals surface area (Å²) in [6.45, 7) is 0.181. The second kappa shape index (κ2) is 7.55. The molecule has 0 bridgehead atoms. The minimum atomic E-state index is -0.298. The number of anilines is 1. The number of carbonyl (C=O) groups excluding carboxylic acids is 1. The van der Waals surface area contributed by atoms with Crippen LogP contribution in [0.15, 0.2) is 53.1 Å². The summed E-state index contributed by atoms with van der Waals surface area (Å²) in [4.78, 5) is 17.9. The van der Waals surface area contributed by atoms with Gasteiger partial charge in [-0.3, -0.25) is 0 Å². The fraction of sp³-hybridized carbons (Fsp3) is 0.118. The third-order valence-electron chi connectivity index (χ3n) is 3.39. The summed E-state index contributed by atoms with van der Waals surface area (Å²) in [6.07, 6.45) is 0. The fourth-order valence-electron chi connectivity index (χ4n) is 2.06.